The Labute approximate surface area is 137 Å². The molecule has 1 aliphatic rings. The number of allylic oxidation sites excluding steroid dienone is 1. The lowest BCUT2D eigenvalue weighted by Crippen LogP contribution is -2.33. The molecule has 124 valence electrons. The van der Waals surface area contributed by atoms with Crippen molar-refractivity contribution in [3.05, 3.63) is 29.1 Å². The van der Waals surface area contributed by atoms with E-state index in [9.17, 15) is 4.79 Å². The van der Waals surface area contributed by atoms with Crippen molar-refractivity contribution >= 4 is 6.09 Å². The van der Waals surface area contributed by atoms with Gasteiger partial charge in [-0.2, -0.15) is 10.4 Å². The molecule has 1 aliphatic carbocycles. The molecule has 0 saturated carbocycles. The number of carbonyl (C=O) groups is 1. The average molecular weight is 316 g/mol. The number of nitriles is 1. The van der Waals surface area contributed by atoms with Crippen LogP contribution in [0.3, 0.4) is 0 Å². The highest BCUT2D eigenvalue weighted by atomic mass is 16.6. The summed E-state index contributed by atoms with van der Waals surface area (Å²) < 4.78 is 7.31. The van der Waals surface area contributed by atoms with E-state index in [2.05, 4.69) is 22.6 Å². The first-order valence-electron chi connectivity index (χ1n) is 7.98. The van der Waals surface area contributed by atoms with Gasteiger partial charge in [0.2, 0.25) is 0 Å². The van der Waals surface area contributed by atoms with E-state index < -0.39 is 0 Å². The molecule has 1 aromatic rings. The third-order valence-electron chi connectivity index (χ3n) is 3.95. The Morgan fingerprint density at radius 1 is 1.52 bits per heavy atom. The SMILES string of the molecule is Cc1nn(CCC#N)c(C)c1[C@@H]1C=C[C@@H](OC(=O)NC(C)C)C1. The van der Waals surface area contributed by atoms with Gasteiger partial charge in [-0.15, -0.1) is 0 Å². The Kier molecular flexibility index (Phi) is 5.43. The lowest BCUT2D eigenvalue weighted by Gasteiger charge is -2.15. The number of ether oxygens (including phenoxy) is 1. The Hall–Kier alpha value is -2.29. The van der Waals surface area contributed by atoms with E-state index in [-0.39, 0.29) is 24.2 Å². The van der Waals surface area contributed by atoms with Crippen LogP contribution in [0.4, 0.5) is 4.79 Å². The molecular formula is C17H24N4O2. The van der Waals surface area contributed by atoms with Crippen molar-refractivity contribution in [1.29, 1.82) is 5.26 Å². The molecule has 0 aromatic carbocycles. The van der Waals surface area contributed by atoms with Gasteiger partial charge in [-0.1, -0.05) is 6.08 Å². The second kappa shape index (κ2) is 7.32. The first kappa shape index (κ1) is 17.1. The number of alkyl carbamates (subject to hydrolysis) is 1. The third-order valence-corrected chi connectivity index (χ3v) is 3.95. The van der Waals surface area contributed by atoms with Crippen LogP contribution < -0.4 is 5.32 Å². The average Bonchev–Trinajstić information content (AvgIpc) is 3.00. The van der Waals surface area contributed by atoms with Gasteiger partial charge in [-0.05, 0) is 40.2 Å². The molecule has 0 radical (unpaired) electrons. The predicted octanol–water partition coefficient (Wildman–Crippen LogP) is 2.96. The minimum Gasteiger partial charge on any atom is -0.442 e. The van der Waals surface area contributed by atoms with Gasteiger partial charge in [0.1, 0.15) is 6.10 Å². The fourth-order valence-corrected chi connectivity index (χ4v) is 3.00. The number of hydrogen-bond donors (Lipinski definition) is 1. The summed E-state index contributed by atoms with van der Waals surface area (Å²) in [5, 5.41) is 16.0. The summed E-state index contributed by atoms with van der Waals surface area (Å²) >= 11 is 0. The van der Waals surface area contributed by atoms with Crippen LogP contribution in [0.2, 0.25) is 0 Å². The summed E-state index contributed by atoms with van der Waals surface area (Å²) in [6.07, 6.45) is 4.61. The van der Waals surface area contributed by atoms with Crippen LogP contribution in [0.15, 0.2) is 12.2 Å². The fourth-order valence-electron chi connectivity index (χ4n) is 3.00. The molecule has 23 heavy (non-hydrogen) atoms. The van der Waals surface area contributed by atoms with Crippen LogP contribution >= 0.6 is 0 Å². The van der Waals surface area contributed by atoms with Gasteiger partial charge in [-0.25, -0.2) is 4.79 Å². The van der Waals surface area contributed by atoms with E-state index in [0.29, 0.717) is 13.0 Å². The van der Waals surface area contributed by atoms with Crippen LogP contribution in [0.1, 0.15) is 49.6 Å². The summed E-state index contributed by atoms with van der Waals surface area (Å²) in [4.78, 5) is 11.7. The van der Waals surface area contributed by atoms with Gasteiger partial charge in [0.25, 0.3) is 0 Å². The van der Waals surface area contributed by atoms with Crippen molar-refractivity contribution in [3.63, 3.8) is 0 Å². The van der Waals surface area contributed by atoms with E-state index in [0.717, 1.165) is 17.8 Å². The first-order valence-corrected chi connectivity index (χ1v) is 7.98. The Bertz CT molecular complexity index is 640. The summed E-state index contributed by atoms with van der Waals surface area (Å²) in [6, 6.07) is 2.21. The zero-order chi connectivity index (χ0) is 17.0. The van der Waals surface area contributed by atoms with Gasteiger partial charge >= 0.3 is 6.09 Å². The molecule has 2 atom stereocenters. The van der Waals surface area contributed by atoms with Crippen molar-refractivity contribution < 1.29 is 9.53 Å². The van der Waals surface area contributed by atoms with Crippen LogP contribution in [-0.2, 0) is 11.3 Å². The molecule has 0 saturated heterocycles. The van der Waals surface area contributed by atoms with Crippen molar-refractivity contribution in [3.8, 4) is 6.07 Å². The molecule has 1 heterocycles. The van der Waals surface area contributed by atoms with Gasteiger partial charge in [0.05, 0.1) is 24.7 Å². The van der Waals surface area contributed by atoms with E-state index in [1.807, 2.05) is 38.5 Å². The number of rotatable bonds is 5. The highest BCUT2D eigenvalue weighted by Gasteiger charge is 2.27. The zero-order valence-electron chi connectivity index (χ0n) is 14.2. The number of carbonyl (C=O) groups excluding carboxylic acids is 1. The standard InChI is InChI=1S/C17H24N4O2/c1-11(2)19-17(22)23-15-7-6-14(10-15)16-12(3)20-21(13(16)4)9-5-8-18/h6-7,11,14-15H,5,9-10H2,1-4H3,(H,19,22)/t14-,15-/m1/s1. The highest BCUT2D eigenvalue weighted by molar-refractivity contribution is 5.68. The molecule has 1 amide bonds. The Morgan fingerprint density at radius 3 is 2.91 bits per heavy atom. The van der Waals surface area contributed by atoms with Crippen LogP contribution in [0.25, 0.3) is 0 Å². The lowest BCUT2D eigenvalue weighted by molar-refractivity contribution is 0.115. The van der Waals surface area contributed by atoms with Crippen LogP contribution in [0, 0.1) is 25.2 Å². The molecule has 6 heteroatoms. The number of amides is 1. The molecule has 0 aliphatic heterocycles. The van der Waals surface area contributed by atoms with Crippen molar-refractivity contribution in [1.82, 2.24) is 15.1 Å². The van der Waals surface area contributed by atoms with Crippen LogP contribution in [0.5, 0.6) is 0 Å². The number of nitrogens with zero attached hydrogens (tertiary/aromatic N) is 3. The minimum absolute atomic E-state index is 0.0616. The summed E-state index contributed by atoms with van der Waals surface area (Å²) in [5.41, 5.74) is 3.23. The Balaban J connectivity index is 2.02. The van der Waals surface area contributed by atoms with Gasteiger partial charge < -0.3 is 10.1 Å². The van der Waals surface area contributed by atoms with Crippen molar-refractivity contribution in [2.45, 2.75) is 65.1 Å². The smallest absolute Gasteiger partial charge is 0.407 e. The molecule has 0 unspecified atom stereocenters. The van der Waals surface area contributed by atoms with Gasteiger partial charge in [-0.3, -0.25) is 4.68 Å². The summed E-state index contributed by atoms with van der Waals surface area (Å²) in [6.45, 7) is 8.42. The van der Waals surface area contributed by atoms with E-state index >= 15 is 0 Å². The topological polar surface area (TPSA) is 79.9 Å². The summed E-state index contributed by atoms with van der Waals surface area (Å²) in [7, 11) is 0. The maximum absolute atomic E-state index is 11.7. The molecule has 0 spiro atoms. The maximum Gasteiger partial charge on any atom is 0.407 e. The van der Waals surface area contributed by atoms with E-state index in [1.54, 1.807) is 0 Å². The first-order chi connectivity index (χ1) is 10.9. The summed E-state index contributed by atoms with van der Waals surface area (Å²) in [5.74, 6) is 0.197. The minimum atomic E-state index is -0.381. The Morgan fingerprint density at radius 2 is 2.26 bits per heavy atom. The molecule has 0 bridgehead atoms. The molecule has 1 N–H and O–H groups in total. The zero-order valence-corrected chi connectivity index (χ0v) is 14.2. The van der Waals surface area contributed by atoms with Crippen LogP contribution in [-0.4, -0.2) is 28.0 Å². The quantitative estimate of drug-likeness (QED) is 0.847. The number of nitrogens with one attached hydrogen (secondary N) is 1. The van der Waals surface area contributed by atoms with Gasteiger partial charge in [0, 0.05) is 23.2 Å². The molecule has 2 rings (SSSR count). The predicted molar refractivity (Wildman–Crippen MR) is 87.0 cm³/mol. The maximum atomic E-state index is 11.7. The second-order valence-corrected chi connectivity index (χ2v) is 6.19. The lowest BCUT2D eigenvalue weighted by atomic mass is 9.96. The monoisotopic (exact) mass is 316 g/mol. The molecule has 0 fully saturated rings. The van der Waals surface area contributed by atoms with Gasteiger partial charge in [0.15, 0.2) is 0 Å². The second-order valence-electron chi connectivity index (χ2n) is 6.19. The normalized spacial score (nSPS) is 19.8. The third kappa shape index (κ3) is 4.13. The fraction of sp³-hybridized carbons (Fsp3) is 0.588. The van der Waals surface area contributed by atoms with Crippen molar-refractivity contribution in [2.24, 2.45) is 0 Å². The highest BCUT2D eigenvalue weighted by Crippen LogP contribution is 2.34. The van der Waals surface area contributed by atoms with E-state index in [1.165, 1.54) is 5.56 Å². The largest absolute Gasteiger partial charge is 0.442 e. The molecule has 6 nitrogen and oxygen atoms in total. The van der Waals surface area contributed by atoms with E-state index in [4.69, 9.17) is 10.00 Å². The van der Waals surface area contributed by atoms with Crippen molar-refractivity contribution in [2.75, 3.05) is 0 Å². The molecule has 1 aromatic heterocycles. The number of aryl methyl sites for hydroxylation is 2. The number of hydrogen-bond acceptors (Lipinski definition) is 4. The molecular weight excluding hydrogens is 292 g/mol. The number of aromatic nitrogens is 2.